The summed E-state index contributed by atoms with van der Waals surface area (Å²) in [5.74, 6) is 0.0252. The predicted octanol–water partition coefficient (Wildman–Crippen LogP) is 3.77. The minimum Gasteiger partial charge on any atom is -0.309 e. The first kappa shape index (κ1) is 15.2. The summed E-state index contributed by atoms with van der Waals surface area (Å²) in [6.45, 7) is 2.63. The van der Waals surface area contributed by atoms with Crippen molar-refractivity contribution in [1.29, 1.82) is 0 Å². The van der Waals surface area contributed by atoms with Gasteiger partial charge in [-0.25, -0.2) is 0 Å². The molecule has 0 radical (unpaired) electrons. The molecular weight excluding hydrogens is 269 g/mol. The molecule has 1 rings (SSSR count). The fourth-order valence-corrected chi connectivity index (χ4v) is 2.16. The molecule has 0 spiro atoms. The smallest absolute Gasteiger partial charge is 0.159 e. The Labute approximate surface area is 118 Å². The lowest BCUT2D eigenvalue weighted by molar-refractivity contribution is -0.118. The fraction of sp³-hybridized carbons (Fsp3) is 0.357. The van der Waals surface area contributed by atoms with Crippen LogP contribution in [0.4, 0.5) is 0 Å². The van der Waals surface area contributed by atoms with Gasteiger partial charge in [-0.15, -0.1) is 0 Å². The lowest BCUT2D eigenvalue weighted by atomic mass is 10.0. The number of carbonyl (C=O) groups is 1. The first-order valence-corrected chi connectivity index (χ1v) is 6.48. The third kappa shape index (κ3) is 4.45. The lowest BCUT2D eigenvalue weighted by Gasteiger charge is -2.13. The Morgan fingerprint density at radius 2 is 1.89 bits per heavy atom. The molecule has 0 heterocycles. The van der Waals surface area contributed by atoms with Gasteiger partial charge in [-0.1, -0.05) is 36.2 Å². The number of hydrogen-bond acceptors (Lipinski definition) is 2. The topological polar surface area (TPSA) is 20.3 Å². The van der Waals surface area contributed by atoms with Gasteiger partial charge in [0.15, 0.2) is 5.78 Å². The maximum absolute atomic E-state index is 11.9. The van der Waals surface area contributed by atoms with Gasteiger partial charge >= 0.3 is 0 Å². The Bertz CT molecular complexity index is 435. The summed E-state index contributed by atoms with van der Waals surface area (Å²) in [7, 11) is 3.89. The number of rotatable bonds is 5. The zero-order valence-electron chi connectivity index (χ0n) is 10.8. The van der Waals surface area contributed by atoms with Crippen molar-refractivity contribution in [3.8, 4) is 0 Å². The molecule has 0 aliphatic carbocycles. The van der Waals surface area contributed by atoms with Crippen LogP contribution < -0.4 is 0 Å². The SMILES string of the molecule is C[C@H](CN(C)C)C(=O)/C=C/c1c(Cl)cccc1Cl. The third-order valence-corrected chi connectivity index (χ3v) is 3.20. The van der Waals surface area contributed by atoms with Crippen LogP contribution in [0.5, 0.6) is 0 Å². The van der Waals surface area contributed by atoms with Crippen LogP contribution in [0.3, 0.4) is 0 Å². The quantitative estimate of drug-likeness (QED) is 0.768. The average molecular weight is 286 g/mol. The van der Waals surface area contributed by atoms with Crippen LogP contribution in [0.2, 0.25) is 10.0 Å². The van der Waals surface area contributed by atoms with E-state index in [0.29, 0.717) is 15.6 Å². The second-order valence-corrected chi connectivity index (χ2v) is 5.35. The van der Waals surface area contributed by atoms with Crippen LogP contribution in [0.25, 0.3) is 6.08 Å². The molecule has 1 aromatic carbocycles. The Morgan fingerprint density at radius 1 is 1.33 bits per heavy atom. The van der Waals surface area contributed by atoms with Crippen molar-refractivity contribution in [2.24, 2.45) is 5.92 Å². The normalized spacial score (nSPS) is 13.2. The second-order valence-electron chi connectivity index (χ2n) is 4.53. The molecule has 0 aliphatic heterocycles. The molecule has 0 aromatic heterocycles. The van der Waals surface area contributed by atoms with E-state index in [4.69, 9.17) is 23.2 Å². The molecule has 0 amide bonds. The fourth-order valence-electron chi connectivity index (χ4n) is 1.64. The summed E-state index contributed by atoms with van der Waals surface area (Å²) in [5, 5.41) is 1.10. The van der Waals surface area contributed by atoms with E-state index in [1.54, 1.807) is 30.4 Å². The van der Waals surface area contributed by atoms with E-state index in [1.807, 2.05) is 25.9 Å². The van der Waals surface area contributed by atoms with Gasteiger partial charge in [0.2, 0.25) is 0 Å². The van der Waals surface area contributed by atoms with Crippen LogP contribution in [0.1, 0.15) is 12.5 Å². The molecule has 98 valence electrons. The van der Waals surface area contributed by atoms with Crippen molar-refractivity contribution in [2.45, 2.75) is 6.92 Å². The van der Waals surface area contributed by atoms with Gasteiger partial charge in [-0.05, 0) is 38.4 Å². The number of halogens is 2. The molecule has 0 unspecified atom stereocenters. The number of ketones is 1. The van der Waals surface area contributed by atoms with Gasteiger partial charge in [0.05, 0.1) is 0 Å². The van der Waals surface area contributed by atoms with E-state index in [0.717, 1.165) is 6.54 Å². The van der Waals surface area contributed by atoms with Gasteiger partial charge in [0.25, 0.3) is 0 Å². The van der Waals surface area contributed by atoms with Crippen LogP contribution >= 0.6 is 23.2 Å². The van der Waals surface area contributed by atoms with Gasteiger partial charge in [-0.2, -0.15) is 0 Å². The third-order valence-electron chi connectivity index (χ3n) is 2.54. The van der Waals surface area contributed by atoms with Crippen LogP contribution in [-0.2, 0) is 4.79 Å². The number of hydrogen-bond donors (Lipinski definition) is 0. The average Bonchev–Trinajstić information content (AvgIpc) is 2.27. The molecule has 1 aromatic rings. The number of nitrogens with zero attached hydrogens (tertiary/aromatic N) is 1. The maximum atomic E-state index is 11.9. The van der Waals surface area contributed by atoms with Crippen molar-refractivity contribution in [1.82, 2.24) is 4.90 Å². The molecule has 0 bridgehead atoms. The monoisotopic (exact) mass is 285 g/mol. The van der Waals surface area contributed by atoms with Gasteiger partial charge in [-0.3, -0.25) is 4.79 Å². The Kier molecular flexibility index (Phi) is 5.86. The summed E-state index contributed by atoms with van der Waals surface area (Å²) in [6.07, 6.45) is 3.22. The zero-order chi connectivity index (χ0) is 13.7. The molecule has 0 N–H and O–H groups in total. The van der Waals surface area contributed by atoms with Gasteiger partial charge in [0, 0.05) is 28.1 Å². The number of carbonyl (C=O) groups excluding carboxylic acids is 1. The zero-order valence-corrected chi connectivity index (χ0v) is 12.3. The van der Waals surface area contributed by atoms with Crippen molar-refractivity contribution in [3.63, 3.8) is 0 Å². The van der Waals surface area contributed by atoms with E-state index in [2.05, 4.69) is 0 Å². The highest BCUT2D eigenvalue weighted by Crippen LogP contribution is 2.25. The van der Waals surface area contributed by atoms with E-state index >= 15 is 0 Å². The van der Waals surface area contributed by atoms with Crippen LogP contribution in [0, 0.1) is 5.92 Å². The molecule has 0 saturated heterocycles. The van der Waals surface area contributed by atoms with E-state index in [-0.39, 0.29) is 11.7 Å². The minimum atomic E-state index is -0.0440. The van der Waals surface area contributed by atoms with Crippen LogP contribution in [-0.4, -0.2) is 31.3 Å². The first-order valence-electron chi connectivity index (χ1n) is 5.72. The van der Waals surface area contributed by atoms with E-state index in [9.17, 15) is 4.79 Å². The molecule has 2 nitrogen and oxygen atoms in total. The largest absolute Gasteiger partial charge is 0.309 e. The van der Waals surface area contributed by atoms with Gasteiger partial charge < -0.3 is 4.90 Å². The lowest BCUT2D eigenvalue weighted by Crippen LogP contribution is -2.24. The van der Waals surface area contributed by atoms with Crippen LogP contribution in [0.15, 0.2) is 24.3 Å². The summed E-state index contributed by atoms with van der Waals surface area (Å²) >= 11 is 12.0. The molecule has 0 fully saturated rings. The highest BCUT2D eigenvalue weighted by Gasteiger charge is 2.11. The number of allylic oxidation sites excluding steroid dienone is 1. The van der Waals surface area contributed by atoms with Crippen molar-refractivity contribution in [3.05, 3.63) is 39.9 Å². The number of benzene rings is 1. The Morgan fingerprint density at radius 3 is 2.39 bits per heavy atom. The second kappa shape index (κ2) is 6.93. The molecule has 18 heavy (non-hydrogen) atoms. The molecule has 0 aliphatic rings. The Balaban J connectivity index is 2.78. The summed E-state index contributed by atoms with van der Waals surface area (Å²) in [5.41, 5.74) is 0.686. The highest BCUT2D eigenvalue weighted by molar-refractivity contribution is 6.37. The Hall–Kier alpha value is -0.830. The molecular formula is C14H17Cl2NO. The minimum absolute atomic E-state index is 0.0440. The maximum Gasteiger partial charge on any atom is 0.159 e. The molecule has 4 heteroatoms. The van der Waals surface area contributed by atoms with Crippen molar-refractivity contribution in [2.75, 3.05) is 20.6 Å². The van der Waals surface area contributed by atoms with Crippen molar-refractivity contribution < 1.29 is 4.79 Å². The summed E-state index contributed by atoms with van der Waals surface area (Å²) in [6, 6.07) is 5.28. The first-order chi connectivity index (χ1) is 8.41. The molecule has 0 saturated carbocycles. The van der Waals surface area contributed by atoms with E-state index in [1.165, 1.54) is 0 Å². The molecule has 1 atom stereocenters. The van der Waals surface area contributed by atoms with Gasteiger partial charge in [0.1, 0.15) is 0 Å². The van der Waals surface area contributed by atoms with Crippen molar-refractivity contribution >= 4 is 35.1 Å². The predicted molar refractivity (Wildman–Crippen MR) is 78.2 cm³/mol. The summed E-state index contributed by atoms with van der Waals surface area (Å²) in [4.78, 5) is 13.9. The highest BCUT2D eigenvalue weighted by atomic mass is 35.5. The summed E-state index contributed by atoms with van der Waals surface area (Å²) < 4.78 is 0. The van der Waals surface area contributed by atoms with E-state index < -0.39 is 0 Å². The standard InChI is InChI=1S/C14H17Cl2NO/c1-10(9-17(2)3)14(18)8-7-11-12(15)5-4-6-13(11)16/h4-8,10H,9H2,1-3H3/b8-7+/t10-/m1/s1.